The fourth-order valence-electron chi connectivity index (χ4n) is 0.964. The first-order valence-corrected chi connectivity index (χ1v) is 3.80. The molecule has 0 fully saturated rings. The molecule has 0 aromatic carbocycles. The molecule has 5 nitrogen and oxygen atoms in total. The average Bonchev–Trinajstić information content (AvgIpc) is 2.49. The molecule has 0 spiro atoms. The molecule has 2 heterocycles. The van der Waals surface area contributed by atoms with Gasteiger partial charge in [-0.2, -0.15) is 4.98 Å². The van der Waals surface area contributed by atoms with Crippen molar-refractivity contribution in [3.05, 3.63) is 29.2 Å². The van der Waals surface area contributed by atoms with E-state index in [1.807, 2.05) is 0 Å². The maximum atomic E-state index is 10.5. The van der Waals surface area contributed by atoms with Crippen molar-refractivity contribution in [2.75, 3.05) is 0 Å². The molecule has 13 heavy (non-hydrogen) atoms. The SMILES string of the molecule is O=C(O)c1nc2c(Cl)cccn2n1. The number of carboxylic acids is 1. The molecule has 0 saturated heterocycles. The van der Waals surface area contributed by atoms with Crippen LogP contribution < -0.4 is 0 Å². The van der Waals surface area contributed by atoms with E-state index >= 15 is 0 Å². The lowest BCUT2D eigenvalue weighted by Gasteiger charge is -1.90. The summed E-state index contributed by atoms with van der Waals surface area (Å²) in [5.74, 6) is -1.42. The molecule has 0 unspecified atom stereocenters. The second-order valence-corrected chi connectivity index (χ2v) is 2.77. The van der Waals surface area contributed by atoms with Crippen molar-refractivity contribution in [1.29, 1.82) is 0 Å². The topological polar surface area (TPSA) is 67.5 Å². The molecule has 0 radical (unpaired) electrons. The summed E-state index contributed by atoms with van der Waals surface area (Å²) in [5, 5.41) is 12.7. The van der Waals surface area contributed by atoms with Crippen molar-refractivity contribution in [3.63, 3.8) is 0 Å². The zero-order chi connectivity index (χ0) is 9.42. The van der Waals surface area contributed by atoms with E-state index in [2.05, 4.69) is 10.1 Å². The number of hydrogen-bond donors (Lipinski definition) is 1. The minimum Gasteiger partial charge on any atom is -0.475 e. The van der Waals surface area contributed by atoms with Crippen LogP contribution in [0.15, 0.2) is 18.3 Å². The van der Waals surface area contributed by atoms with Crippen molar-refractivity contribution in [2.45, 2.75) is 0 Å². The maximum absolute atomic E-state index is 10.5. The van der Waals surface area contributed by atoms with Crippen molar-refractivity contribution < 1.29 is 9.90 Å². The van der Waals surface area contributed by atoms with E-state index in [4.69, 9.17) is 16.7 Å². The van der Waals surface area contributed by atoms with Gasteiger partial charge in [-0.05, 0) is 12.1 Å². The second-order valence-electron chi connectivity index (χ2n) is 2.36. The van der Waals surface area contributed by atoms with E-state index in [0.29, 0.717) is 10.7 Å². The largest absolute Gasteiger partial charge is 0.475 e. The van der Waals surface area contributed by atoms with Gasteiger partial charge in [0, 0.05) is 6.20 Å². The van der Waals surface area contributed by atoms with Crippen molar-refractivity contribution in [2.24, 2.45) is 0 Å². The van der Waals surface area contributed by atoms with Gasteiger partial charge in [-0.15, -0.1) is 5.10 Å². The first-order valence-electron chi connectivity index (χ1n) is 3.42. The number of fused-ring (bicyclic) bond motifs is 1. The van der Waals surface area contributed by atoms with Gasteiger partial charge in [0.05, 0.1) is 5.02 Å². The Balaban J connectivity index is 2.75. The summed E-state index contributed by atoms with van der Waals surface area (Å²) < 4.78 is 1.33. The standard InChI is InChI=1S/C7H4ClN3O2/c8-4-2-1-3-11-6(4)9-5(10-11)7(12)13/h1-3H,(H,12,13). The Labute approximate surface area is 77.6 Å². The number of aromatic carboxylic acids is 1. The lowest BCUT2D eigenvalue weighted by Crippen LogP contribution is -1.98. The van der Waals surface area contributed by atoms with Gasteiger partial charge in [-0.25, -0.2) is 9.31 Å². The molecule has 0 aliphatic heterocycles. The predicted molar refractivity (Wildman–Crippen MR) is 45.0 cm³/mol. The van der Waals surface area contributed by atoms with Gasteiger partial charge in [0.1, 0.15) is 0 Å². The van der Waals surface area contributed by atoms with Gasteiger partial charge < -0.3 is 5.11 Å². The molecule has 2 rings (SSSR count). The second kappa shape index (κ2) is 2.70. The minimum absolute atomic E-state index is 0.256. The van der Waals surface area contributed by atoms with Crippen molar-refractivity contribution in [1.82, 2.24) is 14.6 Å². The van der Waals surface area contributed by atoms with E-state index in [1.54, 1.807) is 18.3 Å². The van der Waals surface area contributed by atoms with Crippen molar-refractivity contribution >= 4 is 23.2 Å². The first kappa shape index (κ1) is 8.00. The summed E-state index contributed by atoms with van der Waals surface area (Å²) in [5.41, 5.74) is 0.349. The molecule has 0 atom stereocenters. The van der Waals surface area contributed by atoms with E-state index in [1.165, 1.54) is 4.52 Å². The Hall–Kier alpha value is -1.62. The summed E-state index contributed by atoms with van der Waals surface area (Å²) in [6.07, 6.45) is 1.58. The summed E-state index contributed by atoms with van der Waals surface area (Å²) in [4.78, 5) is 14.2. The highest BCUT2D eigenvalue weighted by Gasteiger charge is 2.11. The fourth-order valence-corrected chi connectivity index (χ4v) is 1.17. The zero-order valence-electron chi connectivity index (χ0n) is 6.31. The van der Waals surface area contributed by atoms with Crippen LogP contribution in [-0.2, 0) is 0 Å². The van der Waals surface area contributed by atoms with E-state index in [0.717, 1.165) is 0 Å². The van der Waals surface area contributed by atoms with Gasteiger partial charge in [-0.3, -0.25) is 0 Å². The Morgan fingerprint density at radius 3 is 3.00 bits per heavy atom. The van der Waals surface area contributed by atoms with Gasteiger partial charge in [0.15, 0.2) is 5.65 Å². The Morgan fingerprint density at radius 1 is 1.62 bits per heavy atom. The molecule has 0 aliphatic rings. The molecule has 2 aromatic rings. The van der Waals surface area contributed by atoms with E-state index in [-0.39, 0.29) is 5.82 Å². The monoisotopic (exact) mass is 197 g/mol. The molecule has 0 saturated carbocycles. The van der Waals surface area contributed by atoms with Crippen LogP contribution in [-0.4, -0.2) is 25.7 Å². The van der Waals surface area contributed by atoms with Crippen LogP contribution in [0.4, 0.5) is 0 Å². The molecular weight excluding hydrogens is 194 g/mol. The highest BCUT2D eigenvalue weighted by atomic mass is 35.5. The minimum atomic E-state index is -1.17. The summed E-state index contributed by atoms with van der Waals surface area (Å²) in [7, 11) is 0. The Bertz CT molecular complexity index is 480. The lowest BCUT2D eigenvalue weighted by molar-refractivity contribution is 0.0684. The number of pyridine rings is 1. The number of carboxylic acid groups (broad SMARTS) is 1. The molecule has 2 aromatic heterocycles. The number of carbonyl (C=O) groups is 1. The van der Waals surface area contributed by atoms with Crippen LogP contribution in [0.3, 0.4) is 0 Å². The van der Waals surface area contributed by atoms with Crippen LogP contribution in [0.2, 0.25) is 5.02 Å². The highest BCUT2D eigenvalue weighted by Crippen LogP contribution is 2.13. The molecule has 1 N–H and O–H groups in total. The predicted octanol–water partition coefficient (Wildman–Crippen LogP) is 1.08. The quantitative estimate of drug-likeness (QED) is 0.743. The number of halogens is 1. The highest BCUT2D eigenvalue weighted by molar-refractivity contribution is 6.33. The molecule has 66 valence electrons. The molecule has 6 heteroatoms. The van der Waals surface area contributed by atoms with Crippen LogP contribution in [0.5, 0.6) is 0 Å². The Morgan fingerprint density at radius 2 is 2.38 bits per heavy atom. The zero-order valence-corrected chi connectivity index (χ0v) is 7.06. The third-order valence-electron chi connectivity index (χ3n) is 1.51. The van der Waals surface area contributed by atoms with Gasteiger partial charge in [-0.1, -0.05) is 11.6 Å². The van der Waals surface area contributed by atoms with Crippen LogP contribution in [0.1, 0.15) is 10.6 Å². The van der Waals surface area contributed by atoms with Gasteiger partial charge >= 0.3 is 5.97 Å². The van der Waals surface area contributed by atoms with Crippen LogP contribution in [0.25, 0.3) is 5.65 Å². The molecule has 0 aliphatic carbocycles. The molecular formula is C7H4ClN3O2. The van der Waals surface area contributed by atoms with E-state index in [9.17, 15) is 4.79 Å². The third-order valence-corrected chi connectivity index (χ3v) is 1.80. The summed E-state index contributed by atoms with van der Waals surface area (Å²) in [6.45, 7) is 0. The maximum Gasteiger partial charge on any atom is 0.375 e. The summed E-state index contributed by atoms with van der Waals surface area (Å²) in [6, 6.07) is 3.28. The number of aromatic nitrogens is 3. The number of rotatable bonds is 1. The van der Waals surface area contributed by atoms with Crippen LogP contribution in [0, 0.1) is 0 Å². The smallest absolute Gasteiger partial charge is 0.375 e. The van der Waals surface area contributed by atoms with Crippen LogP contribution >= 0.6 is 11.6 Å². The lowest BCUT2D eigenvalue weighted by atomic mass is 10.5. The molecule has 0 bridgehead atoms. The van der Waals surface area contributed by atoms with Gasteiger partial charge in [0.2, 0.25) is 0 Å². The first-order chi connectivity index (χ1) is 6.18. The number of nitrogens with zero attached hydrogens (tertiary/aromatic N) is 3. The average molecular weight is 198 g/mol. The Kier molecular flexibility index (Phi) is 1.66. The normalized spacial score (nSPS) is 10.5. The van der Waals surface area contributed by atoms with Crippen molar-refractivity contribution in [3.8, 4) is 0 Å². The fraction of sp³-hybridized carbons (Fsp3) is 0. The third kappa shape index (κ3) is 1.23. The van der Waals surface area contributed by atoms with Gasteiger partial charge in [0.25, 0.3) is 5.82 Å². The number of hydrogen-bond acceptors (Lipinski definition) is 3. The summed E-state index contributed by atoms with van der Waals surface area (Å²) >= 11 is 5.76. The van der Waals surface area contributed by atoms with E-state index < -0.39 is 5.97 Å². The molecule has 0 amide bonds.